The van der Waals surface area contributed by atoms with E-state index in [0.29, 0.717) is 0 Å². The van der Waals surface area contributed by atoms with Gasteiger partial charge in [0, 0.05) is 4.90 Å². The highest BCUT2D eigenvalue weighted by atomic mass is 32.2. The van der Waals surface area contributed by atoms with Gasteiger partial charge < -0.3 is 4.74 Å². The molecule has 2 aromatic carbocycles. The SMILES string of the molecule is COc1ccc(/C=C/C(=O)Sc2ccccc2)cc1. The van der Waals surface area contributed by atoms with Crippen LogP contribution in [0, 0.1) is 0 Å². The highest BCUT2D eigenvalue weighted by Crippen LogP contribution is 2.19. The summed E-state index contributed by atoms with van der Waals surface area (Å²) in [4.78, 5) is 12.7. The fourth-order valence-electron chi connectivity index (χ4n) is 1.52. The Morgan fingerprint density at radius 1 is 1.05 bits per heavy atom. The normalized spacial score (nSPS) is 10.6. The number of ether oxygens (including phenoxy) is 1. The van der Waals surface area contributed by atoms with Gasteiger partial charge in [-0.15, -0.1) is 0 Å². The Morgan fingerprint density at radius 3 is 2.37 bits per heavy atom. The molecule has 0 saturated heterocycles. The zero-order chi connectivity index (χ0) is 13.5. The van der Waals surface area contributed by atoms with Crippen LogP contribution in [-0.2, 0) is 4.79 Å². The summed E-state index contributed by atoms with van der Waals surface area (Å²) in [5, 5.41) is 0.0158. The van der Waals surface area contributed by atoms with Crippen LogP contribution in [0.2, 0.25) is 0 Å². The molecular formula is C16H14O2S. The molecule has 0 amide bonds. The predicted molar refractivity (Wildman–Crippen MR) is 79.3 cm³/mol. The Bertz CT molecular complexity index is 559. The second kappa shape index (κ2) is 6.81. The fraction of sp³-hybridized carbons (Fsp3) is 0.0625. The van der Waals surface area contributed by atoms with Gasteiger partial charge in [-0.25, -0.2) is 0 Å². The molecule has 2 nitrogen and oxygen atoms in total. The molecule has 0 saturated carbocycles. The summed E-state index contributed by atoms with van der Waals surface area (Å²) in [5.74, 6) is 0.808. The van der Waals surface area contributed by atoms with Gasteiger partial charge in [-0.3, -0.25) is 4.79 Å². The van der Waals surface area contributed by atoms with Crippen LogP contribution in [0.1, 0.15) is 5.56 Å². The lowest BCUT2D eigenvalue weighted by atomic mass is 10.2. The molecule has 0 N–H and O–H groups in total. The quantitative estimate of drug-likeness (QED) is 0.620. The van der Waals surface area contributed by atoms with Crippen molar-refractivity contribution < 1.29 is 9.53 Å². The number of hydrogen-bond donors (Lipinski definition) is 0. The molecule has 96 valence electrons. The van der Waals surface area contributed by atoms with Crippen molar-refractivity contribution in [3.63, 3.8) is 0 Å². The zero-order valence-electron chi connectivity index (χ0n) is 10.6. The van der Waals surface area contributed by atoms with E-state index in [1.54, 1.807) is 19.3 Å². The number of rotatable bonds is 4. The van der Waals surface area contributed by atoms with Crippen molar-refractivity contribution in [3.05, 3.63) is 66.2 Å². The molecule has 0 unspecified atom stereocenters. The summed E-state index contributed by atoms with van der Waals surface area (Å²) in [6, 6.07) is 17.2. The van der Waals surface area contributed by atoms with Gasteiger partial charge in [0.15, 0.2) is 0 Å². The third kappa shape index (κ3) is 4.30. The lowest BCUT2D eigenvalue weighted by molar-refractivity contribution is -0.106. The van der Waals surface area contributed by atoms with E-state index in [2.05, 4.69) is 0 Å². The standard InChI is InChI=1S/C16H14O2S/c1-18-14-10-7-13(8-11-14)9-12-16(17)19-15-5-3-2-4-6-15/h2-12H,1H3/b12-9+. The third-order valence-electron chi connectivity index (χ3n) is 2.49. The number of carbonyl (C=O) groups is 1. The minimum Gasteiger partial charge on any atom is -0.497 e. The smallest absolute Gasteiger partial charge is 0.216 e. The van der Waals surface area contributed by atoms with Crippen LogP contribution in [0.15, 0.2) is 65.6 Å². The highest BCUT2D eigenvalue weighted by molar-refractivity contribution is 8.14. The number of thioether (sulfide) groups is 1. The van der Waals surface area contributed by atoms with Gasteiger partial charge in [0.25, 0.3) is 0 Å². The molecule has 0 spiro atoms. The van der Waals surface area contributed by atoms with Gasteiger partial charge in [-0.05, 0) is 47.7 Å². The number of carbonyl (C=O) groups excluding carboxylic acids is 1. The molecule has 0 fully saturated rings. The van der Waals surface area contributed by atoms with Crippen molar-refractivity contribution in [2.45, 2.75) is 4.90 Å². The zero-order valence-corrected chi connectivity index (χ0v) is 11.4. The molecule has 2 rings (SSSR count). The molecule has 0 aliphatic carbocycles. The molecule has 0 radical (unpaired) electrons. The molecule has 3 heteroatoms. The van der Waals surface area contributed by atoms with Gasteiger partial charge in [0.2, 0.25) is 5.12 Å². The van der Waals surface area contributed by atoms with E-state index in [-0.39, 0.29) is 5.12 Å². The third-order valence-corrected chi connectivity index (χ3v) is 3.33. The monoisotopic (exact) mass is 270 g/mol. The van der Waals surface area contributed by atoms with Gasteiger partial charge in [-0.1, -0.05) is 36.4 Å². The maximum Gasteiger partial charge on any atom is 0.216 e. The first kappa shape index (κ1) is 13.4. The summed E-state index contributed by atoms with van der Waals surface area (Å²) < 4.78 is 5.08. The van der Waals surface area contributed by atoms with E-state index in [1.807, 2.05) is 54.6 Å². The van der Waals surface area contributed by atoms with Crippen LogP contribution in [-0.4, -0.2) is 12.2 Å². The Hall–Kier alpha value is -2.00. The first-order valence-corrected chi connectivity index (χ1v) is 6.68. The molecular weight excluding hydrogens is 256 g/mol. The molecule has 0 bridgehead atoms. The van der Waals surface area contributed by atoms with E-state index in [9.17, 15) is 4.79 Å². The van der Waals surface area contributed by atoms with Gasteiger partial charge in [0.1, 0.15) is 5.75 Å². The van der Waals surface area contributed by atoms with Crippen molar-refractivity contribution in [3.8, 4) is 5.75 Å². The molecule has 0 aliphatic rings. The molecule has 19 heavy (non-hydrogen) atoms. The van der Waals surface area contributed by atoms with Crippen molar-refractivity contribution >= 4 is 23.0 Å². The molecule has 0 atom stereocenters. The van der Waals surface area contributed by atoms with Crippen LogP contribution in [0.5, 0.6) is 5.75 Å². The van der Waals surface area contributed by atoms with E-state index >= 15 is 0 Å². The summed E-state index contributed by atoms with van der Waals surface area (Å²) in [7, 11) is 1.63. The molecule has 2 aromatic rings. The Kier molecular flexibility index (Phi) is 4.81. The van der Waals surface area contributed by atoms with Crippen molar-refractivity contribution in [1.82, 2.24) is 0 Å². The van der Waals surface area contributed by atoms with E-state index in [1.165, 1.54) is 11.8 Å². The second-order valence-electron chi connectivity index (χ2n) is 3.84. The van der Waals surface area contributed by atoms with Crippen molar-refractivity contribution in [1.29, 1.82) is 0 Å². The topological polar surface area (TPSA) is 26.3 Å². The molecule has 0 heterocycles. The van der Waals surface area contributed by atoms with Crippen molar-refractivity contribution in [2.75, 3.05) is 7.11 Å². The highest BCUT2D eigenvalue weighted by Gasteiger charge is 1.99. The van der Waals surface area contributed by atoms with Crippen LogP contribution in [0.4, 0.5) is 0 Å². The molecule has 0 aliphatic heterocycles. The first-order chi connectivity index (χ1) is 9.28. The van der Waals surface area contributed by atoms with Crippen LogP contribution in [0.25, 0.3) is 6.08 Å². The van der Waals surface area contributed by atoms with Gasteiger partial charge in [-0.2, -0.15) is 0 Å². The summed E-state index contributed by atoms with van der Waals surface area (Å²) in [5.41, 5.74) is 0.975. The minimum absolute atomic E-state index is 0.0158. The van der Waals surface area contributed by atoms with Crippen LogP contribution >= 0.6 is 11.8 Å². The van der Waals surface area contributed by atoms with Crippen LogP contribution < -0.4 is 4.74 Å². The van der Waals surface area contributed by atoms with Crippen molar-refractivity contribution in [2.24, 2.45) is 0 Å². The maximum atomic E-state index is 11.8. The average molecular weight is 270 g/mol. The molecule has 0 aromatic heterocycles. The Balaban J connectivity index is 1.96. The van der Waals surface area contributed by atoms with Crippen LogP contribution in [0.3, 0.4) is 0 Å². The minimum atomic E-state index is 0.0158. The van der Waals surface area contributed by atoms with E-state index in [4.69, 9.17) is 4.74 Å². The fourth-order valence-corrected chi connectivity index (χ4v) is 2.18. The second-order valence-corrected chi connectivity index (χ2v) is 4.92. The Labute approximate surface area is 117 Å². The first-order valence-electron chi connectivity index (χ1n) is 5.87. The largest absolute Gasteiger partial charge is 0.497 e. The lowest BCUT2D eigenvalue weighted by Crippen LogP contribution is -1.85. The summed E-state index contributed by atoms with van der Waals surface area (Å²) >= 11 is 1.22. The Morgan fingerprint density at radius 2 is 1.74 bits per heavy atom. The predicted octanol–water partition coefficient (Wildman–Crippen LogP) is 4.03. The average Bonchev–Trinajstić information content (AvgIpc) is 2.47. The number of benzene rings is 2. The number of methoxy groups -OCH3 is 1. The maximum absolute atomic E-state index is 11.8. The van der Waals surface area contributed by atoms with Gasteiger partial charge >= 0.3 is 0 Å². The summed E-state index contributed by atoms with van der Waals surface area (Å²) in [6.07, 6.45) is 3.39. The van der Waals surface area contributed by atoms with E-state index in [0.717, 1.165) is 16.2 Å². The lowest BCUT2D eigenvalue weighted by Gasteiger charge is -1.99. The van der Waals surface area contributed by atoms with Gasteiger partial charge in [0.05, 0.1) is 7.11 Å². The number of hydrogen-bond acceptors (Lipinski definition) is 3. The van der Waals surface area contributed by atoms with E-state index < -0.39 is 0 Å². The summed E-state index contributed by atoms with van der Waals surface area (Å²) in [6.45, 7) is 0.